The molecule has 0 heterocycles. The minimum atomic E-state index is 0.446. The Labute approximate surface area is 74.1 Å². The first kappa shape index (κ1) is 11.2. The number of hydrogen-bond donors (Lipinski definition) is 0. The van der Waals surface area contributed by atoms with Gasteiger partial charge in [0.1, 0.15) is 10.5 Å². The lowest BCUT2D eigenvalue weighted by molar-refractivity contribution is 0.0551. The van der Waals surface area contributed by atoms with Crippen LogP contribution in [0.3, 0.4) is 0 Å². The number of rotatable bonds is 5. The maximum Gasteiger partial charge on any atom is 0.146 e. The third kappa shape index (κ3) is 2.31. The zero-order valence-corrected chi connectivity index (χ0v) is 10.6. The minimum Gasteiger partial charge on any atom is -0.425 e. The topological polar surface area (TPSA) is 9.23 Å². The van der Waals surface area contributed by atoms with Crippen molar-refractivity contribution in [3.63, 3.8) is 0 Å². The smallest absolute Gasteiger partial charge is 0.146 e. The fourth-order valence-electron chi connectivity index (χ4n) is 1.86. The van der Waals surface area contributed by atoms with E-state index in [1.54, 1.807) is 0 Å². The van der Waals surface area contributed by atoms with Crippen molar-refractivity contribution in [1.29, 1.82) is 0 Å². The highest BCUT2D eigenvalue weighted by Crippen LogP contribution is 2.35. The zero-order valence-electron chi connectivity index (χ0n) is 8.61. The second-order valence-electron chi connectivity index (χ2n) is 3.30. The molecular formula is C9H22OSi. The Morgan fingerprint density at radius 1 is 1.18 bits per heavy atom. The second-order valence-corrected chi connectivity index (χ2v) is 3.77. The van der Waals surface area contributed by atoms with E-state index < -0.39 is 0 Å². The van der Waals surface area contributed by atoms with Gasteiger partial charge in [-0.05, 0) is 31.6 Å². The molecule has 2 heteroatoms. The van der Waals surface area contributed by atoms with Gasteiger partial charge in [-0.25, -0.2) is 0 Å². The van der Waals surface area contributed by atoms with Gasteiger partial charge < -0.3 is 4.43 Å². The van der Waals surface area contributed by atoms with Crippen molar-refractivity contribution in [3.05, 3.63) is 0 Å². The van der Waals surface area contributed by atoms with Crippen molar-refractivity contribution in [2.45, 2.75) is 53.1 Å². The van der Waals surface area contributed by atoms with Gasteiger partial charge in [0.05, 0.1) is 0 Å². The molecule has 1 unspecified atom stereocenters. The summed E-state index contributed by atoms with van der Waals surface area (Å²) in [6, 6.07) is 0. The van der Waals surface area contributed by atoms with E-state index in [1.807, 2.05) is 0 Å². The normalized spacial score (nSPS) is 15.3. The van der Waals surface area contributed by atoms with E-state index in [-0.39, 0.29) is 0 Å². The highest BCUT2D eigenvalue weighted by Gasteiger charge is 2.30. The molecule has 68 valence electrons. The maximum absolute atomic E-state index is 5.53. The van der Waals surface area contributed by atoms with Crippen LogP contribution in [-0.2, 0) is 4.43 Å². The molecule has 0 aliphatic carbocycles. The van der Waals surface area contributed by atoms with Gasteiger partial charge in [-0.1, -0.05) is 20.8 Å². The van der Waals surface area contributed by atoms with Crippen molar-refractivity contribution in [1.82, 2.24) is 0 Å². The van der Waals surface area contributed by atoms with E-state index in [4.69, 9.17) is 4.43 Å². The summed E-state index contributed by atoms with van der Waals surface area (Å²) in [5.74, 6) is 0. The van der Waals surface area contributed by atoms with Gasteiger partial charge in [0.2, 0.25) is 0 Å². The predicted molar refractivity (Wildman–Crippen MR) is 53.8 cm³/mol. The zero-order chi connectivity index (χ0) is 8.91. The molecule has 0 saturated carbocycles. The van der Waals surface area contributed by atoms with E-state index in [0.29, 0.717) is 11.5 Å². The molecule has 1 nitrogen and oxygen atoms in total. The van der Waals surface area contributed by atoms with E-state index >= 15 is 0 Å². The van der Waals surface area contributed by atoms with Crippen LogP contribution in [0, 0.1) is 5.41 Å². The quantitative estimate of drug-likeness (QED) is 0.578. The fourth-order valence-corrected chi connectivity index (χ4v) is 2.36. The molecule has 0 N–H and O–H groups in total. The maximum atomic E-state index is 5.53. The lowest BCUT2D eigenvalue weighted by atomic mass is 9.75. The van der Waals surface area contributed by atoms with Crippen molar-refractivity contribution in [2.75, 3.05) is 0 Å². The largest absolute Gasteiger partial charge is 0.425 e. The lowest BCUT2D eigenvalue weighted by Crippen LogP contribution is -2.33. The van der Waals surface area contributed by atoms with E-state index in [9.17, 15) is 0 Å². The molecule has 0 aromatic heterocycles. The van der Waals surface area contributed by atoms with Crippen LogP contribution in [-0.4, -0.2) is 16.6 Å². The van der Waals surface area contributed by atoms with Crippen LogP contribution in [0.5, 0.6) is 0 Å². The summed E-state index contributed by atoms with van der Waals surface area (Å²) >= 11 is 0. The van der Waals surface area contributed by atoms with Crippen molar-refractivity contribution in [2.24, 2.45) is 5.41 Å². The summed E-state index contributed by atoms with van der Waals surface area (Å²) in [4.78, 5) is 0. The Bertz CT molecular complexity index is 91.5. The molecule has 0 rings (SSSR count). The minimum absolute atomic E-state index is 0.446. The summed E-state index contributed by atoms with van der Waals surface area (Å²) in [5, 5.41) is 0. The summed E-state index contributed by atoms with van der Waals surface area (Å²) < 4.78 is 5.53. The second kappa shape index (κ2) is 4.94. The molecule has 11 heavy (non-hydrogen) atoms. The van der Waals surface area contributed by atoms with E-state index in [1.165, 1.54) is 19.3 Å². The highest BCUT2D eigenvalue weighted by atomic mass is 28.2. The Morgan fingerprint density at radius 2 is 1.55 bits per heavy atom. The molecule has 0 aromatic rings. The molecule has 0 saturated heterocycles. The monoisotopic (exact) mass is 174 g/mol. The number of hydrogen-bond acceptors (Lipinski definition) is 1. The van der Waals surface area contributed by atoms with Crippen LogP contribution in [0.15, 0.2) is 0 Å². The molecule has 0 radical (unpaired) electrons. The molecule has 0 fully saturated rings. The first-order valence-corrected chi connectivity index (χ1v) is 5.51. The first-order valence-electron chi connectivity index (χ1n) is 4.69. The van der Waals surface area contributed by atoms with Gasteiger partial charge in [-0.3, -0.25) is 0 Å². The van der Waals surface area contributed by atoms with Gasteiger partial charge in [0.25, 0.3) is 0 Å². The molecular weight excluding hydrogens is 152 g/mol. The van der Waals surface area contributed by atoms with Gasteiger partial charge in [0, 0.05) is 6.10 Å². The van der Waals surface area contributed by atoms with Crippen molar-refractivity contribution in [3.8, 4) is 0 Å². The van der Waals surface area contributed by atoms with Crippen LogP contribution in [0.1, 0.15) is 47.0 Å². The van der Waals surface area contributed by atoms with Crippen LogP contribution >= 0.6 is 0 Å². The van der Waals surface area contributed by atoms with Crippen molar-refractivity contribution < 1.29 is 4.43 Å². The SMILES string of the molecule is CCC(CC)(CC)C(C)O[SiH3]. The van der Waals surface area contributed by atoms with E-state index in [2.05, 4.69) is 27.7 Å². The summed E-state index contributed by atoms with van der Waals surface area (Å²) in [7, 11) is 0.867. The Hall–Kier alpha value is 0.177. The summed E-state index contributed by atoms with van der Waals surface area (Å²) in [5.41, 5.74) is 0.446. The Balaban J connectivity index is 4.26. The Morgan fingerprint density at radius 3 is 1.64 bits per heavy atom. The average Bonchev–Trinajstić information content (AvgIpc) is 2.08. The van der Waals surface area contributed by atoms with Crippen molar-refractivity contribution >= 4 is 10.5 Å². The molecule has 0 aromatic carbocycles. The molecule has 0 spiro atoms. The lowest BCUT2D eigenvalue weighted by Gasteiger charge is -2.36. The van der Waals surface area contributed by atoms with Gasteiger partial charge in [0.15, 0.2) is 0 Å². The third-order valence-electron chi connectivity index (χ3n) is 3.33. The average molecular weight is 174 g/mol. The van der Waals surface area contributed by atoms with Crippen LogP contribution in [0.2, 0.25) is 0 Å². The summed E-state index contributed by atoms with van der Waals surface area (Å²) in [6.07, 6.45) is 4.17. The summed E-state index contributed by atoms with van der Waals surface area (Å²) in [6.45, 7) is 9.02. The highest BCUT2D eigenvalue weighted by molar-refractivity contribution is 5.98. The third-order valence-corrected chi connectivity index (χ3v) is 4.04. The van der Waals surface area contributed by atoms with E-state index in [0.717, 1.165) is 10.5 Å². The van der Waals surface area contributed by atoms with Crippen LogP contribution in [0.4, 0.5) is 0 Å². The van der Waals surface area contributed by atoms with Gasteiger partial charge >= 0.3 is 0 Å². The van der Waals surface area contributed by atoms with Crippen LogP contribution in [0.25, 0.3) is 0 Å². The fraction of sp³-hybridized carbons (Fsp3) is 1.00. The van der Waals surface area contributed by atoms with Gasteiger partial charge in [-0.15, -0.1) is 0 Å². The van der Waals surface area contributed by atoms with Crippen LogP contribution < -0.4 is 0 Å². The molecule has 0 amide bonds. The van der Waals surface area contributed by atoms with Gasteiger partial charge in [-0.2, -0.15) is 0 Å². The molecule has 0 bridgehead atoms. The Kier molecular flexibility index (Phi) is 5.02. The standard InChI is InChI=1S/C9H22OSi/c1-5-9(6-2,7-3)8(4)10-11/h8H,5-7H2,1-4,11H3. The molecule has 0 aliphatic rings. The first-order chi connectivity index (χ1) is 5.16. The molecule has 1 atom stereocenters. The molecule has 0 aliphatic heterocycles. The predicted octanol–water partition coefficient (Wildman–Crippen LogP) is 1.89.